The zero-order valence-electron chi connectivity index (χ0n) is 11.1. The minimum atomic E-state index is -5.05. The first-order valence-corrected chi connectivity index (χ1v) is 5.24. The topological polar surface area (TPSA) is 182 Å². The standard InChI is InChI=1S/CH2O3.2Ca.H4O7P2.4H/c2-1(3)4;;;1-8(2,3)7-9(4,5)6;;;;/h(H2,2,3,4);;;(H2,1,2,3)(H2,4,5,6);;;;/q;2*+2;;4*-1. The molecule has 0 aliphatic rings. The molecule has 0 unspecified atom stereocenters. The number of phosphoric acid groups is 2. The molecular weight excluding hydrogens is 314 g/mol. The molecule has 0 radical (unpaired) electrons. The van der Waals surface area contributed by atoms with Gasteiger partial charge in [0.05, 0.1) is 0 Å². The summed E-state index contributed by atoms with van der Waals surface area (Å²) in [5.74, 6) is 0. The molecule has 88 valence electrons. The second kappa shape index (κ2) is 11.2. The Bertz CT molecular complexity index is 240. The largest absolute Gasteiger partial charge is 2.00 e. The van der Waals surface area contributed by atoms with E-state index >= 15 is 0 Å². The second-order valence-corrected chi connectivity index (χ2v) is 3.96. The summed E-state index contributed by atoms with van der Waals surface area (Å²) < 4.78 is 22.2. The molecule has 0 spiro atoms. The van der Waals surface area contributed by atoms with Crippen molar-refractivity contribution in [3.63, 3.8) is 0 Å². The van der Waals surface area contributed by atoms with Crippen LogP contribution in [-0.4, -0.2) is 111 Å². The first-order valence-electron chi connectivity index (χ1n) is 2.18. The SMILES string of the molecule is O=C(O)O.O=P(O)(O)OP(=O)(O)O.[Ca+2].[Ca+2].[H-].[H-].[H-].[H-]. The Morgan fingerprint density at radius 2 is 1.07 bits per heavy atom. The van der Waals surface area contributed by atoms with Crippen molar-refractivity contribution in [2.75, 3.05) is 0 Å². The van der Waals surface area contributed by atoms with Crippen molar-refractivity contribution in [3.8, 4) is 0 Å². The molecule has 0 aromatic carbocycles. The Balaban J connectivity index is -0.0000000183. The molecule has 0 fully saturated rings. The number of carbonyl (C=O) groups is 1. The Labute approximate surface area is 149 Å². The van der Waals surface area contributed by atoms with Crippen molar-refractivity contribution in [1.82, 2.24) is 0 Å². The third kappa shape index (κ3) is 48.9. The fraction of sp³-hybridized carbons (Fsp3) is 0. The summed E-state index contributed by atoms with van der Waals surface area (Å²) in [6, 6.07) is 0. The molecule has 0 aliphatic heterocycles. The van der Waals surface area contributed by atoms with Crippen LogP contribution >= 0.6 is 15.6 Å². The molecule has 0 saturated carbocycles. The van der Waals surface area contributed by atoms with E-state index in [1.165, 1.54) is 0 Å². The Kier molecular flexibility index (Phi) is 19.2. The third-order valence-corrected chi connectivity index (χ3v) is 1.91. The zero-order valence-corrected chi connectivity index (χ0v) is 13.3. The van der Waals surface area contributed by atoms with Gasteiger partial charge in [0.15, 0.2) is 0 Å². The van der Waals surface area contributed by atoms with E-state index in [9.17, 15) is 9.13 Å². The Morgan fingerprint density at radius 3 is 1.07 bits per heavy atom. The van der Waals surface area contributed by atoms with Gasteiger partial charge in [-0.05, 0) is 0 Å². The molecule has 0 aliphatic carbocycles. The van der Waals surface area contributed by atoms with Gasteiger partial charge in [-0.2, -0.15) is 4.31 Å². The molecule has 0 saturated heterocycles. The average Bonchev–Trinajstić information content (AvgIpc) is 1.47. The van der Waals surface area contributed by atoms with Crippen LogP contribution in [0.25, 0.3) is 0 Å². The fourth-order valence-corrected chi connectivity index (χ4v) is 1.25. The van der Waals surface area contributed by atoms with E-state index in [4.69, 9.17) is 34.6 Å². The fourth-order valence-electron chi connectivity index (χ4n) is 0.139. The van der Waals surface area contributed by atoms with E-state index in [2.05, 4.69) is 4.31 Å². The summed E-state index contributed by atoms with van der Waals surface area (Å²) in [6.07, 6.45) is -1.83. The van der Waals surface area contributed by atoms with Gasteiger partial charge in [0.1, 0.15) is 0 Å². The van der Waals surface area contributed by atoms with E-state index < -0.39 is 21.8 Å². The number of hydrogen-bond donors (Lipinski definition) is 6. The summed E-state index contributed by atoms with van der Waals surface area (Å²) in [5, 5.41) is 13.9. The number of carboxylic acid groups (broad SMARTS) is 2. The number of rotatable bonds is 2. The molecule has 0 aromatic rings. The number of hydrogen-bond acceptors (Lipinski definition) is 4. The van der Waals surface area contributed by atoms with Gasteiger partial charge in [-0.1, -0.05) is 0 Å². The monoisotopic (exact) mass is 324 g/mol. The molecule has 0 bridgehead atoms. The minimum Gasteiger partial charge on any atom is -1.00 e. The molecule has 0 heterocycles. The van der Waals surface area contributed by atoms with E-state index in [-0.39, 0.29) is 81.2 Å². The van der Waals surface area contributed by atoms with Gasteiger partial charge in [0, 0.05) is 0 Å². The molecule has 0 aromatic heterocycles. The van der Waals surface area contributed by atoms with Crippen molar-refractivity contribution in [1.29, 1.82) is 0 Å². The van der Waals surface area contributed by atoms with Gasteiger partial charge < -0.3 is 35.5 Å². The van der Waals surface area contributed by atoms with Crippen molar-refractivity contribution in [3.05, 3.63) is 0 Å². The summed E-state index contributed by atoms with van der Waals surface area (Å²) >= 11 is 0. The molecule has 14 heteroatoms. The van der Waals surface area contributed by atoms with Crippen molar-refractivity contribution >= 4 is 97.3 Å². The maximum atomic E-state index is 9.63. The van der Waals surface area contributed by atoms with Crippen LogP contribution in [0.2, 0.25) is 0 Å². The second-order valence-electron chi connectivity index (χ2n) is 1.35. The third-order valence-electron chi connectivity index (χ3n) is 0.213. The van der Waals surface area contributed by atoms with E-state index in [0.29, 0.717) is 0 Å². The van der Waals surface area contributed by atoms with Gasteiger partial charge >= 0.3 is 97.3 Å². The van der Waals surface area contributed by atoms with Crippen LogP contribution in [0.5, 0.6) is 0 Å². The van der Waals surface area contributed by atoms with Crippen LogP contribution in [0.3, 0.4) is 0 Å². The van der Waals surface area contributed by atoms with Gasteiger partial charge in [-0.25, -0.2) is 13.9 Å². The normalized spacial score (nSPS) is 9.87. The molecule has 0 atom stereocenters. The van der Waals surface area contributed by atoms with Crippen molar-refractivity contribution in [2.45, 2.75) is 0 Å². The van der Waals surface area contributed by atoms with Crippen LogP contribution in [0.15, 0.2) is 0 Å². The zero-order chi connectivity index (χ0) is 11.3. The van der Waals surface area contributed by atoms with Crippen LogP contribution < -0.4 is 0 Å². The average molecular weight is 324 g/mol. The van der Waals surface area contributed by atoms with Crippen LogP contribution in [0.1, 0.15) is 5.71 Å². The van der Waals surface area contributed by atoms with Gasteiger partial charge in [-0.3, -0.25) is 0 Å². The predicted molar refractivity (Wildman–Crippen MR) is 51.8 cm³/mol. The molecule has 10 nitrogen and oxygen atoms in total. The predicted octanol–water partition coefficient (Wildman–Crippen LogP) is -0.901. The minimum absolute atomic E-state index is 0. The van der Waals surface area contributed by atoms with Crippen LogP contribution in [0, 0.1) is 0 Å². The van der Waals surface area contributed by atoms with Gasteiger partial charge in [0.25, 0.3) is 0 Å². The maximum absolute atomic E-state index is 9.63. The van der Waals surface area contributed by atoms with Crippen LogP contribution in [0.4, 0.5) is 4.79 Å². The molecular formula is CH10Ca2O10P2. The smallest absolute Gasteiger partial charge is 1.00 e. The molecule has 6 N–H and O–H groups in total. The van der Waals surface area contributed by atoms with E-state index in [0.717, 1.165) is 0 Å². The Hall–Kier alpha value is 2.05. The summed E-state index contributed by atoms with van der Waals surface area (Å²) in [7, 11) is -10.1. The maximum Gasteiger partial charge on any atom is 2.00 e. The quantitative estimate of drug-likeness (QED) is 0.275. The Morgan fingerprint density at radius 1 is 0.933 bits per heavy atom. The van der Waals surface area contributed by atoms with E-state index in [1.54, 1.807) is 0 Å². The van der Waals surface area contributed by atoms with Crippen molar-refractivity contribution < 1.29 is 53.7 Å². The van der Waals surface area contributed by atoms with Crippen LogP contribution in [-0.2, 0) is 13.4 Å². The molecule has 15 heavy (non-hydrogen) atoms. The summed E-state index contributed by atoms with van der Waals surface area (Å²) in [5.41, 5.74) is 0. The summed E-state index contributed by atoms with van der Waals surface area (Å²) in [6.45, 7) is 0. The van der Waals surface area contributed by atoms with Crippen molar-refractivity contribution in [2.24, 2.45) is 0 Å². The summed E-state index contributed by atoms with van der Waals surface area (Å²) in [4.78, 5) is 39.6. The molecule has 0 rings (SSSR count). The first-order chi connectivity index (χ1) is 5.44. The molecule has 0 amide bonds. The van der Waals surface area contributed by atoms with E-state index in [1.807, 2.05) is 0 Å². The van der Waals surface area contributed by atoms with Gasteiger partial charge in [0.2, 0.25) is 0 Å². The first kappa shape index (κ1) is 25.8. The van der Waals surface area contributed by atoms with Gasteiger partial charge in [-0.15, -0.1) is 0 Å².